The molecule has 0 aromatic heterocycles. The minimum atomic E-state index is -0.992. The molecule has 0 radical (unpaired) electrons. The lowest BCUT2D eigenvalue weighted by atomic mass is 10.0. The molecule has 0 unspecified atom stereocenters. The monoisotopic (exact) mass is 361 g/mol. The first-order valence-electron chi connectivity index (χ1n) is 7.79. The number of ether oxygens (including phenoxy) is 1. The van der Waals surface area contributed by atoms with Crippen LogP contribution in [-0.4, -0.2) is 24.1 Å². The molecule has 0 saturated heterocycles. The van der Waals surface area contributed by atoms with Gasteiger partial charge in [0.1, 0.15) is 5.75 Å². The molecule has 132 valence electrons. The van der Waals surface area contributed by atoms with Crippen molar-refractivity contribution in [2.24, 2.45) is 0 Å². The molecule has 0 aliphatic rings. The van der Waals surface area contributed by atoms with Gasteiger partial charge in [0.2, 0.25) is 5.91 Å². The predicted octanol–water partition coefficient (Wildman–Crippen LogP) is 3.53. The topological polar surface area (TPSA) is 75.6 Å². The first kappa shape index (κ1) is 18.8. The molecule has 2 aromatic carbocycles. The van der Waals surface area contributed by atoms with Crippen LogP contribution in [0.15, 0.2) is 42.5 Å². The maximum absolute atomic E-state index is 12.4. The third-order valence-electron chi connectivity index (χ3n) is 3.77. The van der Waals surface area contributed by atoms with Crippen LogP contribution in [0.4, 0.5) is 0 Å². The molecule has 2 rings (SSSR count). The fraction of sp³-hybridized carbons (Fsp3) is 0.263. The highest BCUT2D eigenvalue weighted by atomic mass is 35.5. The Morgan fingerprint density at radius 2 is 1.88 bits per heavy atom. The molecular weight excluding hydrogens is 342 g/mol. The van der Waals surface area contributed by atoms with E-state index in [0.717, 1.165) is 11.1 Å². The summed E-state index contributed by atoms with van der Waals surface area (Å²) in [7, 11) is 1.55. The van der Waals surface area contributed by atoms with Crippen LogP contribution in [0.2, 0.25) is 5.02 Å². The molecule has 5 nitrogen and oxygen atoms in total. The lowest BCUT2D eigenvalue weighted by molar-refractivity contribution is -0.137. The number of benzene rings is 2. The average molecular weight is 362 g/mol. The molecule has 0 aliphatic heterocycles. The Morgan fingerprint density at radius 1 is 1.20 bits per heavy atom. The summed E-state index contributed by atoms with van der Waals surface area (Å²) >= 11 is 5.87. The van der Waals surface area contributed by atoms with Gasteiger partial charge in [-0.2, -0.15) is 0 Å². The molecule has 0 aliphatic carbocycles. The van der Waals surface area contributed by atoms with Gasteiger partial charge in [0.05, 0.1) is 26.0 Å². The van der Waals surface area contributed by atoms with Gasteiger partial charge in [-0.15, -0.1) is 0 Å². The fourth-order valence-electron chi connectivity index (χ4n) is 2.59. The molecule has 2 aromatic rings. The summed E-state index contributed by atoms with van der Waals surface area (Å²) in [6, 6.07) is 11.7. The first-order chi connectivity index (χ1) is 11.9. The lowest BCUT2D eigenvalue weighted by Crippen LogP contribution is -2.31. The van der Waals surface area contributed by atoms with Crippen LogP contribution in [0.1, 0.15) is 29.2 Å². The van der Waals surface area contributed by atoms with Crippen molar-refractivity contribution in [2.45, 2.75) is 25.8 Å². The van der Waals surface area contributed by atoms with E-state index in [2.05, 4.69) is 5.32 Å². The molecule has 1 atom stereocenters. The van der Waals surface area contributed by atoms with Gasteiger partial charge in [-0.3, -0.25) is 9.59 Å². The number of carbonyl (C=O) groups is 2. The smallest absolute Gasteiger partial charge is 0.305 e. The van der Waals surface area contributed by atoms with Gasteiger partial charge in [-0.1, -0.05) is 41.4 Å². The van der Waals surface area contributed by atoms with Crippen LogP contribution in [0, 0.1) is 6.92 Å². The van der Waals surface area contributed by atoms with Crippen molar-refractivity contribution in [3.8, 4) is 5.75 Å². The minimum absolute atomic E-state index is 0.106. The summed E-state index contributed by atoms with van der Waals surface area (Å²) in [6.07, 6.45) is -0.104. The summed E-state index contributed by atoms with van der Waals surface area (Å²) in [4.78, 5) is 23.6. The van der Waals surface area contributed by atoms with Crippen molar-refractivity contribution in [1.82, 2.24) is 5.32 Å². The summed E-state index contributed by atoms with van der Waals surface area (Å²) in [5, 5.41) is 12.5. The number of hydrogen-bond acceptors (Lipinski definition) is 3. The summed E-state index contributed by atoms with van der Waals surface area (Å²) in [5.74, 6) is -0.638. The zero-order valence-corrected chi connectivity index (χ0v) is 14.8. The maximum Gasteiger partial charge on any atom is 0.305 e. The summed E-state index contributed by atoms with van der Waals surface area (Å²) in [6.45, 7) is 1.93. The summed E-state index contributed by atoms with van der Waals surface area (Å²) in [5.41, 5.74) is 2.46. The van der Waals surface area contributed by atoms with E-state index in [1.165, 1.54) is 0 Å². The second-order valence-electron chi connectivity index (χ2n) is 5.76. The average Bonchev–Trinajstić information content (AvgIpc) is 2.54. The Bertz CT molecular complexity index is 759. The highest BCUT2D eigenvalue weighted by Gasteiger charge is 2.19. The van der Waals surface area contributed by atoms with E-state index in [1.807, 2.05) is 25.1 Å². The maximum atomic E-state index is 12.4. The van der Waals surface area contributed by atoms with Crippen molar-refractivity contribution in [3.05, 3.63) is 64.2 Å². The SMILES string of the molecule is COc1ccc(C)cc1CC(=O)N[C@@H](CC(=O)O)c1ccc(Cl)cc1. The first-order valence-corrected chi connectivity index (χ1v) is 8.17. The summed E-state index contributed by atoms with van der Waals surface area (Å²) < 4.78 is 5.28. The van der Waals surface area contributed by atoms with Crippen LogP contribution >= 0.6 is 11.6 Å². The molecule has 6 heteroatoms. The van der Waals surface area contributed by atoms with E-state index in [1.54, 1.807) is 31.4 Å². The van der Waals surface area contributed by atoms with Gasteiger partial charge in [0, 0.05) is 10.6 Å². The highest BCUT2D eigenvalue weighted by Crippen LogP contribution is 2.22. The molecule has 0 heterocycles. The van der Waals surface area contributed by atoms with E-state index < -0.39 is 12.0 Å². The molecule has 0 fully saturated rings. The van der Waals surface area contributed by atoms with Gasteiger partial charge in [0.25, 0.3) is 0 Å². The molecule has 0 spiro atoms. The second kappa shape index (κ2) is 8.53. The van der Waals surface area contributed by atoms with Gasteiger partial charge in [-0.05, 0) is 30.7 Å². The number of carbonyl (C=O) groups excluding carboxylic acids is 1. The number of carboxylic acids is 1. The zero-order chi connectivity index (χ0) is 18.4. The predicted molar refractivity (Wildman–Crippen MR) is 96.0 cm³/mol. The number of hydrogen-bond donors (Lipinski definition) is 2. The van der Waals surface area contributed by atoms with E-state index in [-0.39, 0.29) is 18.7 Å². The van der Waals surface area contributed by atoms with Crippen LogP contribution in [0.5, 0.6) is 5.75 Å². The van der Waals surface area contributed by atoms with E-state index in [0.29, 0.717) is 16.3 Å². The molecule has 1 amide bonds. The lowest BCUT2D eigenvalue weighted by Gasteiger charge is -2.18. The van der Waals surface area contributed by atoms with Gasteiger partial charge in [0.15, 0.2) is 0 Å². The standard InChI is InChI=1S/C19H20ClNO4/c1-12-3-8-17(25-2)14(9-12)10-18(22)21-16(11-19(23)24)13-4-6-15(20)7-5-13/h3-9,16H,10-11H2,1-2H3,(H,21,22)(H,23,24)/t16-/m0/s1. The van der Waals surface area contributed by atoms with Crippen LogP contribution < -0.4 is 10.1 Å². The van der Waals surface area contributed by atoms with Crippen LogP contribution in [0.3, 0.4) is 0 Å². The van der Waals surface area contributed by atoms with Crippen molar-refractivity contribution >= 4 is 23.5 Å². The van der Waals surface area contributed by atoms with Crippen LogP contribution in [-0.2, 0) is 16.0 Å². The molecule has 25 heavy (non-hydrogen) atoms. The normalized spacial score (nSPS) is 11.6. The Hall–Kier alpha value is -2.53. The molecular formula is C19H20ClNO4. The van der Waals surface area contributed by atoms with Crippen LogP contribution in [0.25, 0.3) is 0 Å². The number of rotatable bonds is 7. The van der Waals surface area contributed by atoms with E-state index in [4.69, 9.17) is 21.4 Å². The molecule has 0 saturated carbocycles. The Labute approximate surface area is 151 Å². The molecule has 2 N–H and O–H groups in total. The third kappa shape index (κ3) is 5.50. The Balaban J connectivity index is 2.15. The minimum Gasteiger partial charge on any atom is -0.496 e. The van der Waals surface area contributed by atoms with Crippen molar-refractivity contribution in [1.29, 1.82) is 0 Å². The number of carboxylic acid groups (broad SMARTS) is 1. The van der Waals surface area contributed by atoms with Crippen molar-refractivity contribution in [3.63, 3.8) is 0 Å². The second-order valence-corrected chi connectivity index (χ2v) is 6.20. The van der Waals surface area contributed by atoms with Gasteiger partial charge >= 0.3 is 5.97 Å². The van der Waals surface area contributed by atoms with Crippen molar-refractivity contribution < 1.29 is 19.4 Å². The number of methoxy groups -OCH3 is 1. The Kier molecular flexibility index (Phi) is 6.42. The largest absolute Gasteiger partial charge is 0.496 e. The molecule has 0 bridgehead atoms. The number of nitrogens with one attached hydrogen (secondary N) is 1. The number of aryl methyl sites for hydroxylation is 1. The third-order valence-corrected chi connectivity index (χ3v) is 4.03. The van der Waals surface area contributed by atoms with Crippen molar-refractivity contribution in [2.75, 3.05) is 7.11 Å². The number of amides is 1. The van der Waals surface area contributed by atoms with E-state index in [9.17, 15) is 9.59 Å². The number of aliphatic carboxylic acids is 1. The Morgan fingerprint density at radius 3 is 2.48 bits per heavy atom. The number of halogens is 1. The van der Waals surface area contributed by atoms with Gasteiger partial charge in [-0.25, -0.2) is 0 Å². The fourth-order valence-corrected chi connectivity index (χ4v) is 2.71. The highest BCUT2D eigenvalue weighted by molar-refractivity contribution is 6.30. The quantitative estimate of drug-likeness (QED) is 0.791. The van der Waals surface area contributed by atoms with Gasteiger partial charge < -0.3 is 15.2 Å². The van der Waals surface area contributed by atoms with E-state index >= 15 is 0 Å². The zero-order valence-electron chi connectivity index (χ0n) is 14.1.